The van der Waals surface area contributed by atoms with Crippen LogP contribution in [0.4, 0.5) is 17.3 Å². The van der Waals surface area contributed by atoms with Gasteiger partial charge in [-0.2, -0.15) is 0 Å². The molecule has 1 amide bonds. The molecule has 2 aromatic carbocycles. The van der Waals surface area contributed by atoms with E-state index in [4.69, 9.17) is 9.47 Å². The third-order valence-corrected chi connectivity index (χ3v) is 4.29. The SMILES string of the molecule is COc1ccc(Nc2ncc(C(=O)Nc3c(C)cccc3C)cn2)c(OC)c1. The number of aromatic nitrogens is 2. The third-order valence-electron chi connectivity index (χ3n) is 4.29. The van der Waals surface area contributed by atoms with Gasteiger partial charge in [0, 0.05) is 24.1 Å². The van der Waals surface area contributed by atoms with Crippen LogP contribution in [-0.2, 0) is 0 Å². The largest absolute Gasteiger partial charge is 0.497 e. The van der Waals surface area contributed by atoms with Crippen LogP contribution in [-0.4, -0.2) is 30.1 Å². The number of carbonyl (C=O) groups excluding carboxylic acids is 1. The third kappa shape index (κ3) is 4.20. The zero-order chi connectivity index (χ0) is 20.1. The average Bonchev–Trinajstić information content (AvgIpc) is 2.71. The Labute approximate surface area is 163 Å². The van der Waals surface area contributed by atoms with Gasteiger partial charge in [0.1, 0.15) is 11.5 Å². The Morgan fingerprint density at radius 3 is 2.25 bits per heavy atom. The molecule has 3 aromatic rings. The van der Waals surface area contributed by atoms with Gasteiger partial charge in [0.2, 0.25) is 5.95 Å². The molecule has 1 aromatic heterocycles. The van der Waals surface area contributed by atoms with Gasteiger partial charge in [-0.3, -0.25) is 4.79 Å². The second-order valence-corrected chi connectivity index (χ2v) is 6.21. The molecule has 144 valence electrons. The quantitative estimate of drug-likeness (QED) is 0.671. The van der Waals surface area contributed by atoms with Crippen molar-refractivity contribution in [3.8, 4) is 11.5 Å². The van der Waals surface area contributed by atoms with E-state index in [1.807, 2.05) is 38.1 Å². The molecule has 0 bridgehead atoms. The lowest BCUT2D eigenvalue weighted by atomic mass is 10.1. The Hall–Kier alpha value is -3.61. The highest BCUT2D eigenvalue weighted by molar-refractivity contribution is 6.04. The molecule has 0 spiro atoms. The van der Waals surface area contributed by atoms with Crippen molar-refractivity contribution in [1.82, 2.24) is 9.97 Å². The molecule has 0 aliphatic rings. The molecule has 28 heavy (non-hydrogen) atoms. The molecule has 0 aliphatic heterocycles. The Morgan fingerprint density at radius 2 is 1.64 bits per heavy atom. The van der Waals surface area contributed by atoms with Crippen LogP contribution in [0.1, 0.15) is 21.5 Å². The predicted molar refractivity (Wildman–Crippen MR) is 109 cm³/mol. The van der Waals surface area contributed by atoms with E-state index >= 15 is 0 Å². The molecule has 0 radical (unpaired) electrons. The minimum absolute atomic E-state index is 0.258. The summed E-state index contributed by atoms with van der Waals surface area (Å²) in [5, 5.41) is 6.00. The molecule has 7 nitrogen and oxygen atoms in total. The summed E-state index contributed by atoms with van der Waals surface area (Å²) in [7, 11) is 3.16. The van der Waals surface area contributed by atoms with Gasteiger partial charge in [-0.05, 0) is 37.1 Å². The molecule has 0 saturated carbocycles. The Kier molecular flexibility index (Phi) is 5.74. The normalized spacial score (nSPS) is 10.3. The number of rotatable bonds is 6. The number of amides is 1. The number of para-hydroxylation sites is 1. The first-order valence-corrected chi connectivity index (χ1v) is 8.70. The highest BCUT2D eigenvalue weighted by Crippen LogP contribution is 2.30. The van der Waals surface area contributed by atoms with Gasteiger partial charge in [0.05, 0.1) is 25.5 Å². The summed E-state index contributed by atoms with van der Waals surface area (Å²) in [5.74, 6) is 1.37. The summed E-state index contributed by atoms with van der Waals surface area (Å²) >= 11 is 0. The smallest absolute Gasteiger partial charge is 0.258 e. The summed E-state index contributed by atoms with van der Waals surface area (Å²) in [6.07, 6.45) is 2.96. The van der Waals surface area contributed by atoms with Gasteiger partial charge in [-0.1, -0.05) is 18.2 Å². The van der Waals surface area contributed by atoms with Crippen LogP contribution in [0.5, 0.6) is 11.5 Å². The van der Waals surface area contributed by atoms with E-state index in [1.165, 1.54) is 12.4 Å². The van der Waals surface area contributed by atoms with Crippen LogP contribution in [0.15, 0.2) is 48.8 Å². The van der Waals surface area contributed by atoms with Crippen LogP contribution in [0.2, 0.25) is 0 Å². The molecule has 7 heteroatoms. The van der Waals surface area contributed by atoms with Crippen LogP contribution < -0.4 is 20.1 Å². The number of hydrogen-bond donors (Lipinski definition) is 2. The van der Waals surface area contributed by atoms with E-state index in [0.717, 1.165) is 16.8 Å². The molecule has 0 aliphatic carbocycles. The maximum Gasteiger partial charge on any atom is 0.258 e. The molecule has 2 N–H and O–H groups in total. The minimum Gasteiger partial charge on any atom is -0.497 e. The van der Waals surface area contributed by atoms with Gasteiger partial charge in [-0.15, -0.1) is 0 Å². The molecule has 0 atom stereocenters. The number of nitrogens with one attached hydrogen (secondary N) is 2. The molecule has 1 heterocycles. The van der Waals surface area contributed by atoms with Gasteiger partial charge < -0.3 is 20.1 Å². The number of benzene rings is 2. The van der Waals surface area contributed by atoms with Crippen molar-refractivity contribution in [2.24, 2.45) is 0 Å². The summed E-state index contributed by atoms with van der Waals surface area (Å²) in [6.45, 7) is 3.91. The number of ether oxygens (including phenoxy) is 2. The number of carbonyl (C=O) groups is 1. The minimum atomic E-state index is -0.258. The van der Waals surface area contributed by atoms with Crippen LogP contribution in [0, 0.1) is 13.8 Å². The topological polar surface area (TPSA) is 85.4 Å². The van der Waals surface area contributed by atoms with Crippen molar-refractivity contribution in [1.29, 1.82) is 0 Å². The van der Waals surface area contributed by atoms with Gasteiger partial charge in [0.15, 0.2) is 0 Å². The number of hydrogen-bond acceptors (Lipinski definition) is 6. The van der Waals surface area contributed by atoms with Gasteiger partial charge in [-0.25, -0.2) is 9.97 Å². The van der Waals surface area contributed by atoms with E-state index in [0.29, 0.717) is 28.7 Å². The Morgan fingerprint density at radius 1 is 0.964 bits per heavy atom. The molecule has 3 rings (SSSR count). The lowest BCUT2D eigenvalue weighted by molar-refractivity contribution is 0.102. The highest BCUT2D eigenvalue weighted by atomic mass is 16.5. The van der Waals surface area contributed by atoms with Crippen LogP contribution in [0.3, 0.4) is 0 Å². The van der Waals surface area contributed by atoms with Gasteiger partial charge in [0.25, 0.3) is 5.91 Å². The first-order chi connectivity index (χ1) is 13.5. The maximum atomic E-state index is 12.5. The number of anilines is 3. The van der Waals surface area contributed by atoms with Gasteiger partial charge >= 0.3 is 0 Å². The van der Waals surface area contributed by atoms with E-state index in [9.17, 15) is 4.79 Å². The molecular weight excluding hydrogens is 356 g/mol. The summed E-state index contributed by atoms with van der Waals surface area (Å²) < 4.78 is 10.5. The zero-order valence-corrected chi connectivity index (χ0v) is 16.2. The molecular formula is C21H22N4O3. The monoisotopic (exact) mass is 378 g/mol. The van der Waals surface area contributed by atoms with Crippen molar-refractivity contribution in [2.45, 2.75) is 13.8 Å². The zero-order valence-electron chi connectivity index (χ0n) is 16.2. The summed E-state index contributed by atoms with van der Waals surface area (Å²) in [4.78, 5) is 21.0. The first kappa shape index (κ1) is 19.2. The number of methoxy groups -OCH3 is 2. The van der Waals surface area contributed by atoms with E-state index < -0.39 is 0 Å². The summed E-state index contributed by atoms with van der Waals surface area (Å²) in [6, 6.07) is 11.2. The fourth-order valence-corrected chi connectivity index (χ4v) is 2.73. The first-order valence-electron chi connectivity index (χ1n) is 8.70. The fraction of sp³-hybridized carbons (Fsp3) is 0.190. The van der Waals surface area contributed by atoms with E-state index in [2.05, 4.69) is 20.6 Å². The highest BCUT2D eigenvalue weighted by Gasteiger charge is 2.12. The second kappa shape index (κ2) is 8.39. The summed E-state index contributed by atoms with van der Waals surface area (Å²) in [5.41, 5.74) is 3.86. The molecule has 0 unspecified atom stereocenters. The number of aryl methyl sites for hydroxylation is 2. The molecule has 0 saturated heterocycles. The van der Waals surface area contributed by atoms with Crippen molar-refractivity contribution >= 4 is 23.2 Å². The lowest BCUT2D eigenvalue weighted by Gasteiger charge is -2.12. The average molecular weight is 378 g/mol. The van der Waals surface area contributed by atoms with E-state index in [-0.39, 0.29) is 5.91 Å². The predicted octanol–water partition coefficient (Wildman–Crippen LogP) is 4.11. The van der Waals surface area contributed by atoms with Crippen molar-refractivity contribution < 1.29 is 14.3 Å². The fourth-order valence-electron chi connectivity index (χ4n) is 2.73. The Balaban J connectivity index is 1.74. The second-order valence-electron chi connectivity index (χ2n) is 6.21. The van der Waals surface area contributed by atoms with Crippen LogP contribution >= 0.6 is 0 Å². The van der Waals surface area contributed by atoms with Crippen molar-refractivity contribution in [3.05, 3.63) is 65.5 Å². The van der Waals surface area contributed by atoms with Crippen molar-refractivity contribution in [3.63, 3.8) is 0 Å². The maximum absolute atomic E-state index is 12.5. The standard InChI is InChI=1S/C21H22N4O3/c1-13-6-5-7-14(2)19(13)25-20(26)15-11-22-21(23-12-15)24-17-9-8-16(27-3)10-18(17)28-4/h5-12H,1-4H3,(H,25,26)(H,22,23,24). The lowest BCUT2D eigenvalue weighted by Crippen LogP contribution is -2.14. The number of nitrogens with zero attached hydrogens (tertiary/aromatic N) is 2. The Bertz CT molecular complexity index is 967. The van der Waals surface area contributed by atoms with Crippen LogP contribution in [0.25, 0.3) is 0 Å². The van der Waals surface area contributed by atoms with E-state index in [1.54, 1.807) is 26.4 Å². The molecule has 0 fully saturated rings. The van der Waals surface area contributed by atoms with Crippen molar-refractivity contribution in [2.75, 3.05) is 24.9 Å².